The topological polar surface area (TPSA) is 75.4 Å². The summed E-state index contributed by atoms with van der Waals surface area (Å²) in [6.45, 7) is 4.67. The lowest BCUT2D eigenvalue weighted by atomic mass is 10.0. The third-order valence-electron chi connectivity index (χ3n) is 3.04. The van der Waals surface area contributed by atoms with Crippen LogP contribution in [-0.4, -0.2) is 42.4 Å². The van der Waals surface area contributed by atoms with E-state index < -0.39 is 6.04 Å². The Hall–Kier alpha value is -0.810. The fourth-order valence-corrected chi connectivity index (χ4v) is 2.05. The van der Waals surface area contributed by atoms with Crippen LogP contribution in [0.25, 0.3) is 0 Å². The minimum atomic E-state index is -0.446. The standard InChI is InChI=1S/C12H23N3O2.ClH/c1-8(2)6-10(13)12(17)14-9-4-5-11(16)15(3)7-9;/h8-10H,4-7,13H2,1-3H3,(H,14,17);1H/t9?,10-;/m0./s1. The molecule has 6 heteroatoms. The highest BCUT2D eigenvalue weighted by Crippen LogP contribution is 2.10. The Morgan fingerprint density at radius 2 is 2.17 bits per heavy atom. The van der Waals surface area contributed by atoms with E-state index in [0.29, 0.717) is 31.7 Å². The van der Waals surface area contributed by atoms with Crippen molar-refractivity contribution in [3.05, 3.63) is 0 Å². The maximum Gasteiger partial charge on any atom is 0.237 e. The molecule has 0 aromatic carbocycles. The number of nitrogens with zero attached hydrogens (tertiary/aromatic N) is 1. The number of hydrogen-bond donors (Lipinski definition) is 2. The maximum absolute atomic E-state index is 11.8. The van der Waals surface area contributed by atoms with Gasteiger partial charge in [-0.05, 0) is 18.8 Å². The fraction of sp³-hybridized carbons (Fsp3) is 0.833. The van der Waals surface area contributed by atoms with Gasteiger partial charge in [-0.1, -0.05) is 13.8 Å². The first-order chi connectivity index (χ1) is 7.90. The summed E-state index contributed by atoms with van der Waals surface area (Å²) in [6, 6.07) is -0.402. The SMILES string of the molecule is CC(C)C[C@H](N)C(=O)NC1CCC(=O)N(C)C1.Cl. The summed E-state index contributed by atoms with van der Waals surface area (Å²) in [5.74, 6) is 0.444. The lowest BCUT2D eigenvalue weighted by Crippen LogP contribution is -2.52. The van der Waals surface area contributed by atoms with Crippen LogP contribution in [0.4, 0.5) is 0 Å². The summed E-state index contributed by atoms with van der Waals surface area (Å²) in [5, 5.41) is 2.92. The van der Waals surface area contributed by atoms with Crippen molar-refractivity contribution < 1.29 is 9.59 Å². The van der Waals surface area contributed by atoms with E-state index in [0.717, 1.165) is 0 Å². The fourth-order valence-electron chi connectivity index (χ4n) is 2.05. The van der Waals surface area contributed by atoms with Gasteiger partial charge in [0.2, 0.25) is 11.8 Å². The van der Waals surface area contributed by atoms with Crippen molar-refractivity contribution in [3.8, 4) is 0 Å². The van der Waals surface area contributed by atoms with E-state index in [1.54, 1.807) is 11.9 Å². The average molecular weight is 278 g/mol. The quantitative estimate of drug-likeness (QED) is 0.787. The van der Waals surface area contributed by atoms with Gasteiger partial charge in [-0.2, -0.15) is 0 Å². The number of halogens is 1. The number of carbonyl (C=O) groups is 2. The van der Waals surface area contributed by atoms with Gasteiger partial charge in [0.05, 0.1) is 6.04 Å². The highest BCUT2D eigenvalue weighted by molar-refractivity contribution is 5.85. The second-order valence-corrected chi connectivity index (χ2v) is 5.25. The van der Waals surface area contributed by atoms with Crippen LogP contribution in [-0.2, 0) is 9.59 Å². The molecule has 0 radical (unpaired) electrons. The summed E-state index contributed by atoms with van der Waals surface area (Å²) < 4.78 is 0. The van der Waals surface area contributed by atoms with Crippen LogP contribution in [0.2, 0.25) is 0 Å². The molecular formula is C12H24ClN3O2. The van der Waals surface area contributed by atoms with Crippen molar-refractivity contribution in [1.82, 2.24) is 10.2 Å². The molecule has 1 heterocycles. The van der Waals surface area contributed by atoms with Crippen molar-refractivity contribution in [2.75, 3.05) is 13.6 Å². The van der Waals surface area contributed by atoms with Gasteiger partial charge in [0.15, 0.2) is 0 Å². The first-order valence-corrected chi connectivity index (χ1v) is 6.20. The van der Waals surface area contributed by atoms with Gasteiger partial charge >= 0.3 is 0 Å². The van der Waals surface area contributed by atoms with Crippen LogP contribution >= 0.6 is 12.4 Å². The minimum Gasteiger partial charge on any atom is -0.350 e. The summed E-state index contributed by atoms with van der Waals surface area (Å²) in [7, 11) is 1.76. The highest BCUT2D eigenvalue weighted by Gasteiger charge is 2.25. The van der Waals surface area contributed by atoms with E-state index in [1.807, 2.05) is 13.8 Å². The Balaban J connectivity index is 0.00000289. The Kier molecular flexibility index (Phi) is 7.25. The zero-order chi connectivity index (χ0) is 13.0. The van der Waals surface area contributed by atoms with Crippen molar-refractivity contribution >= 4 is 24.2 Å². The third-order valence-corrected chi connectivity index (χ3v) is 3.04. The Morgan fingerprint density at radius 1 is 1.56 bits per heavy atom. The molecule has 0 saturated carbocycles. The number of hydrogen-bond acceptors (Lipinski definition) is 3. The normalized spacial score (nSPS) is 21.5. The monoisotopic (exact) mass is 277 g/mol. The zero-order valence-corrected chi connectivity index (χ0v) is 12.1. The first-order valence-electron chi connectivity index (χ1n) is 6.20. The average Bonchev–Trinajstić information content (AvgIpc) is 2.22. The molecule has 1 fully saturated rings. The summed E-state index contributed by atoms with van der Waals surface area (Å²) in [6.07, 6.45) is 1.90. The smallest absolute Gasteiger partial charge is 0.237 e. The lowest BCUT2D eigenvalue weighted by Gasteiger charge is -2.31. The Labute approximate surface area is 115 Å². The predicted molar refractivity (Wildman–Crippen MR) is 73.5 cm³/mol. The summed E-state index contributed by atoms with van der Waals surface area (Å²) >= 11 is 0. The molecule has 0 aliphatic carbocycles. The molecule has 0 bridgehead atoms. The number of piperidine rings is 1. The van der Waals surface area contributed by atoms with Gasteiger partial charge in [-0.15, -0.1) is 12.4 Å². The van der Waals surface area contributed by atoms with Crippen LogP contribution in [0.5, 0.6) is 0 Å². The molecule has 3 N–H and O–H groups in total. The number of rotatable bonds is 4. The number of likely N-dealkylation sites (tertiary alicyclic amines) is 1. The summed E-state index contributed by atoms with van der Waals surface area (Å²) in [5.41, 5.74) is 5.80. The van der Waals surface area contributed by atoms with Crippen molar-refractivity contribution in [3.63, 3.8) is 0 Å². The van der Waals surface area contributed by atoms with Gasteiger partial charge in [0, 0.05) is 26.1 Å². The van der Waals surface area contributed by atoms with E-state index in [-0.39, 0.29) is 30.3 Å². The molecule has 2 atom stereocenters. The third kappa shape index (κ3) is 5.23. The molecule has 0 aromatic heterocycles. The predicted octanol–water partition coefficient (Wildman–Crippen LogP) is 0.519. The van der Waals surface area contributed by atoms with Gasteiger partial charge in [-0.25, -0.2) is 0 Å². The van der Waals surface area contributed by atoms with Gasteiger partial charge < -0.3 is 16.0 Å². The molecule has 1 aliphatic heterocycles. The molecular weight excluding hydrogens is 254 g/mol. The lowest BCUT2D eigenvalue weighted by molar-refractivity contribution is -0.134. The van der Waals surface area contributed by atoms with Crippen LogP contribution in [0.15, 0.2) is 0 Å². The number of amides is 2. The molecule has 106 valence electrons. The second kappa shape index (κ2) is 7.59. The molecule has 1 rings (SSSR count). The number of likely N-dealkylation sites (N-methyl/N-ethyl adjacent to an activating group) is 1. The van der Waals surface area contributed by atoms with Crippen molar-refractivity contribution in [1.29, 1.82) is 0 Å². The molecule has 1 unspecified atom stereocenters. The van der Waals surface area contributed by atoms with Crippen LogP contribution in [0.3, 0.4) is 0 Å². The van der Waals surface area contributed by atoms with Gasteiger partial charge in [-0.3, -0.25) is 9.59 Å². The molecule has 0 spiro atoms. The van der Waals surface area contributed by atoms with Gasteiger partial charge in [0.1, 0.15) is 0 Å². The number of carbonyl (C=O) groups excluding carboxylic acids is 2. The van der Waals surface area contributed by atoms with E-state index in [4.69, 9.17) is 5.73 Å². The molecule has 2 amide bonds. The first kappa shape index (κ1) is 17.2. The maximum atomic E-state index is 11.8. The molecule has 1 saturated heterocycles. The Morgan fingerprint density at radius 3 is 2.67 bits per heavy atom. The van der Waals surface area contributed by atoms with Crippen LogP contribution in [0.1, 0.15) is 33.1 Å². The van der Waals surface area contributed by atoms with Crippen LogP contribution in [0, 0.1) is 5.92 Å². The molecule has 18 heavy (non-hydrogen) atoms. The van der Waals surface area contributed by atoms with E-state index in [2.05, 4.69) is 5.32 Å². The second-order valence-electron chi connectivity index (χ2n) is 5.25. The van der Waals surface area contributed by atoms with E-state index >= 15 is 0 Å². The van der Waals surface area contributed by atoms with E-state index in [1.165, 1.54) is 0 Å². The largest absolute Gasteiger partial charge is 0.350 e. The highest BCUT2D eigenvalue weighted by atomic mass is 35.5. The zero-order valence-electron chi connectivity index (χ0n) is 11.3. The minimum absolute atomic E-state index is 0. The molecule has 5 nitrogen and oxygen atoms in total. The molecule has 1 aliphatic rings. The Bertz CT molecular complexity index is 297. The van der Waals surface area contributed by atoms with E-state index in [9.17, 15) is 9.59 Å². The number of nitrogens with one attached hydrogen (secondary N) is 1. The van der Waals surface area contributed by atoms with Crippen molar-refractivity contribution in [2.45, 2.75) is 45.2 Å². The van der Waals surface area contributed by atoms with Gasteiger partial charge in [0.25, 0.3) is 0 Å². The molecule has 0 aromatic rings. The summed E-state index contributed by atoms with van der Waals surface area (Å²) in [4.78, 5) is 24.7. The van der Waals surface area contributed by atoms with Crippen LogP contribution < -0.4 is 11.1 Å². The van der Waals surface area contributed by atoms with Crippen molar-refractivity contribution in [2.24, 2.45) is 11.7 Å². The number of nitrogens with two attached hydrogens (primary N) is 1.